The Balaban J connectivity index is 1.26. The van der Waals surface area contributed by atoms with Crippen molar-refractivity contribution in [2.45, 2.75) is 44.9 Å². The van der Waals surface area contributed by atoms with Gasteiger partial charge in [-0.15, -0.1) is 0 Å². The molecule has 31 heavy (non-hydrogen) atoms. The number of carbonyl (C=O) groups is 3. The minimum absolute atomic E-state index is 0.00547. The number of aryl methyl sites for hydroxylation is 2. The van der Waals surface area contributed by atoms with Crippen molar-refractivity contribution in [3.8, 4) is 11.5 Å². The molecule has 6 heteroatoms. The van der Waals surface area contributed by atoms with Crippen LogP contribution in [0.15, 0.2) is 36.4 Å². The third kappa shape index (κ3) is 5.32. The molecular formula is C25H26O6. The van der Waals surface area contributed by atoms with Crippen LogP contribution in [0.4, 0.5) is 0 Å². The molecule has 0 radical (unpaired) electrons. The quantitative estimate of drug-likeness (QED) is 0.493. The minimum Gasteiger partial charge on any atom is -0.490 e. The first-order valence-corrected chi connectivity index (χ1v) is 10.8. The van der Waals surface area contributed by atoms with Crippen LogP contribution >= 0.6 is 0 Å². The number of ether oxygens (including phenoxy) is 3. The molecule has 0 unspecified atom stereocenters. The van der Waals surface area contributed by atoms with E-state index < -0.39 is 5.97 Å². The minimum atomic E-state index is -0.561. The van der Waals surface area contributed by atoms with Crippen LogP contribution in [0.3, 0.4) is 0 Å². The molecule has 162 valence electrons. The fraction of sp³-hybridized carbons (Fsp3) is 0.400. The molecule has 0 spiro atoms. The maximum absolute atomic E-state index is 12.4. The number of fused-ring (bicyclic) bond motifs is 2. The highest BCUT2D eigenvalue weighted by Gasteiger charge is 2.17. The molecule has 0 saturated heterocycles. The highest BCUT2D eigenvalue weighted by Crippen LogP contribution is 2.31. The Hall–Kier alpha value is -3.15. The van der Waals surface area contributed by atoms with Crippen LogP contribution in [0.25, 0.3) is 0 Å². The molecule has 2 aromatic carbocycles. The van der Waals surface area contributed by atoms with Crippen LogP contribution in [-0.2, 0) is 22.4 Å². The number of esters is 1. The number of hydrogen-bond acceptors (Lipinski definition) is 6. The summed E-state index contributed by atoms with van der Waals surface area (Å²) < 4.78 is 16.3. The van der Waals surface area contributed by atoms with Crippen LogP contribution in [0, 0.1) is 0 Å². The SMILES string of the molecule is O=C(CCC(=O)c1ccc2c(c1)OCCCO2)OCC(=O)c1ccc2c(c1)CCCC2. The first-order valence-electron chi connectivity index (χ1n) is 10.8. The summed E-state index contributed by atoms with van der Waals surface area (Å²) in [5, 5.41) is 0. The molecule has 0 N–H and O–H groups in total. The molecule has 0 atom stereocenters. The van der Waals surface area contributed by atoms with Gasteiger partial charge in [-0.3, -0.25) is 14.4 Å². The first-order chi connectivity index (χ1) is 15.1. The van der Waals surface area contributed by atoms with Crippen molar-refractivity contribution >= 4 is 17.5 Å². The smallest absolute Gasteiger partial charge is 0.306 e. The van der Waals surface area contributed by atoms with Crippen molar-refractivity contribution in [3.63, 3.8) is 0 Å². The van der Waals surface area contributed by atoms with Gasteiger partial charge in [0, 0.05) is 24.0 Å². The largest absolute Gasteiger partial charge is 0.490 e. The van der Waals surface area contributed by atoms with E-state index in [-0.39, 0.29) is 31.0 Å². The monoisotopic (exact) mass is 422 g/mol. The van der Waals surface area contributed by atoms with Crippen molar-refractivity contribution in [1.29, 1.82) is 0 Å². The molecule has 1 heterocycles. The van der Waals surface area contributed by atoms with E-state index in [1.54, 1.807) is 24.3 Å². The molecule has 0 fully saturated rings. The van der Waals surface area contributed by atoms with Gasteiger partial charge in [0.05, 0.1) is 19.6 Å². The van der Waals surface area contributed by atoms with E-state index in [1.165, 1.54) is 17.5 Å². The number of carbonyl (C=O) groups excluding carboxylic acids is 3. The average molecular weight is 422 g/mol. The number of benzene rings is 2. The highest BCUT2D eigenvalue weighted by molar-refractivity contribution is 5.99. The van der Waals surface area contributed by atoms with E-state index in [0.717, 1.165) is 25.7 Å². The number of Topliss-reactive ketones (excluding diaryl/α,β-unsaturated/α-hetero) is 2. The third-order valence-corrected chi connectivity index (χ3v) is 5.66. The molecule has 1 aliphatic carbocycles. The van der Waals surface area contributed by atoms with Gasteiger partial charge in [-0.25, -0.2) is 0 Å². The molecule has 6 nitrogen and oxygen atoms in total. The van der Waals surface area contributed by atoms with Crippen LogP contribution in [0.1, 0.15) is 63.9 Å². The molecular weight excluding hydrogens is 396 g/mol. The van der Waals surface area contributed by atoms with Crippen LogP contribution in [-0.4, -0.2) is 37.4 Å². The second-order valence-electron chi connectivity index (χ2n) is 7.91. The maximum atomic E-state index is 12.4. The van der Waals surface area contributed by atoms with E-state index in [2.05, 4.69) is 0 Å². The Bertz CT molecular complexity index is 994. The molecule has 2 aromatic rings. The van der Waals surface area contributed by atoms with Gasteiger partial charge in [-0.05, 0) is 61.1 Å². The third-order valence-electron chi connectivity index (χ3n) is 5.66. The van der Waals surface area contributed by atoms with Crippen LogP contribution in [0.2, 0.25) is 0 Å². The Morgan fingerprint density at radius 2 is 1.45 bits per heavy atom. The Morgan fingerprint density at radius 3 is 2.29 bits per heavy atom. The van der Waals surface area contributed by atoms with Crippen molar-refractivity contribution < 1.29 is 28.6 Å². The molecule has 2 aliphatic rings. The predicted molar refractivity (Wildman–Crippen MR) is 114 cm³/mol. The lowest BCUT2D eigenvalue weighted by atomic mass is 9.90. The molecule has 0 amide bonds. The Morgan fingerprint density at radius 1 is 0.742 bits per heavy atom. The van der Waals surface area contributed by atoms with Crippen LogP contribution in [0.5, 0.6) is 11.5 Å². The van der Waals surface area contributed by atoms with Gasteiger partial charge in [-0.2, -0.15) is 0 Å². The van der Waals surface area contributed by atoms with Gasteiger partial charge in [-0.1, -0.05) is 12.1 Å². The lowest BCUT2D eigenvalue weighted by molar-refractivity contribution is -0.142. The zero-order valence-electron chi connectivity index (χ0n) is 17.5. The topological polar surface area (TPSA) is 78.9 Å². The zero-order valence-corrected chi connectivity index (χ0v) is 17.5. The molecule has 1 aliphatic heterocycles. The van der Waals surface area contributed by atoms with Gasteiger partial charge in [0.25, 0.3) is 0 Å². The summed E-state index contributed by atoms with van der Waals surface area (Å²) >= 11 is 0. The highest BCUT2D eigenvalue weighted by atomic mass is 16.5. The fourth-order valence-corrected chi connectivity index (χ4v) is 3.91. The Labute approximate surface area is 181 Å². The van der Waals surface area contributed by atoms with E-state index in [0.29, 0.717) is 35.8 Å². The van der Waals surface area contributed by atoms with Gasteiger partial charge in [0.2, 0.25) is 0 Å². The lowest BCUT2D eigenvalue weighted by Gasteiger charge is -2.16. The maximum Gasteiger partial charge on any atom is 0.306 e. The molecule has 0 saturated carbocycles. The van der Waals surface area contributed by atoms with Crippen molar-refractivity contribution in [2.75, 3.05) is 19.8 Å². The summed E-state index contributed by atoms with van der Waals surface area (Å²) in [4.78, 5) is 36.9. The van der Waals surface area contributed by atoms with Gasteiger partial charge in [0.15, 0.2) is 29.7 Å². The average Bonchev–Trinajstić information content (AvgIpc) is 3.05. The number of rotatable bonds is 7. The zero-order chi connectivity index (χ0) is 21.6. The van der Waals surface area contributed by atoms with Crippen LogP contribution < -0.4 is 9.47 Å². The summed E-state index contributed by atoms with van der Waals surface area (Å²) in [6.45, 7) is 0.807. The van der Waals surface area contributed by atoms with Gasteiger partial charge in [0.1, 0.15) is 0 Å². The molecule has 4 rings (SSSR count). The summed E-state index contributed by atoms with van der Waals surface area (Å²) in [7, 11) is 0. The number of hydrogen-bond donors (Lipinski definition) is 0. The standard InChI is InChI=1S/C25H26O6/c26-21(20-8-10-23-24(15-20)30-13-3-12-29-23)9-11-25(28)31-16-22(27)19-7-6-17-4-1-2-5-18(17)14-19/h6-8,10,14-15H,1-5,9,11-13,16H2. The summed E-state index contributed by atoms with van der Waals surface area (Å²) in [5.74, 6) is 0.189. The number of ketones is 2. The Kier molecular flexibility index (Phi) is 6.65. The van der Waals surface area contributed by atoms with E-state index in [1.807, 2.05) is 12.1 Å². The van der Waals surface area contributed by atoms with E-state index >= 15 is 0 Å². The van der Waals surface area contributed by atoms with Crippen molar-refractivity contribution in [3.05, 3.63) is 58.7 Å². The second kappa shape index (κ2) is 9.77. The normalized spacial score (nSPS) is 14.8. The first kappa shape index (κ1) is 21.1. The molecule has 0 bridgehead atoms. The van der Waals surface area contributed by atoms with Gasteiger partial charge < -0.3 is 14.2 Å². The molecule has 0 aromatic heterocycles. The summed E-state index contributed by atoms with van der Waals surface area (Å²) in [6, 6.07) is 10.7. The van der Waals surface area contributed by atoms with E-state index in [9.17, 15) is 14.4 Å². The van der Waals surface area contributed by atoms with E-state index in [4.69, 9.17) is 14.2 Å². The fourth-order valence-electron chi connectivity index (χ4n) is 3.91. The van der Waals surface area contributed by atoms with Crippen molar-refractivity contribution in [1.82, 2.24) is 0 Å². The van der Waals surface area contributed by atoms with Crippen molar-refractivity contribution in [2.24, 2.45) is 0 Å². The summed E-state index contributed by atoms with van der Waals surface area (Å²) in [5.41, 5.74) is 3.54. The predicted octanol–water partition coefficient (Wildman–Crippen LogP) is 4.12. The van der Waals surface area contributed by atoms with Gasteiger partial charge >= 0.3 is 5.97 Å². The lowest BCUT2D eigenvalue weighted by Crippen LogP contribution is -2.16. The summed E-state index contributed by atoms with van der Waals surface area (Å²) in [6.07, 6.45) is 5.07. The second-order valence-corrected chi connectivity index (χ2v) is 7.91.